The molecule has 2 aromatic rings. The third-order valence-corrected chi connectivity index (χ3v) is 4.38. The highest BCUT2D eigenvalue weighted by atomic mass is 16.3. The lowest BCUT2D eigenvalue weighted by molar-refractivity contribution is -0.661. The number of quaternary nitrogens is 1. The highest BCUT2D eigenvalue weighted by Crippen LogP contribution is 2.27. The number of nitrogens with zero attached hydrogens (tertiary/aromatic N) is 1. The van der Waals surface area contributed by atoms with Crippen molar-refractivity contribution in [2.75, 3.05) is 29.9 Å². The van der Waals surface area contributed by atoms with Crippen molar-refractivity contribution in [1.82, 2.24) is 0 Å². The number of furan rings is 1. The predicted octanol–water partition coefficient (Wildman–Crippen LogP) is 2.36. The Balaban J connectivity index is 1.56. The first-order valence-corrected chi connectivity index (χ1v) is 8.81. The number of rotatable bonds is 6. The molecule has 0 bridgehead atoms. The molecule has 1 fully saturated rings. The fraction of sp³-hybridized carbons (Fsp3) is 0.421. The van der Waals surface area contributed by atoms with Crippen LogP contribution in [0, 0.1) is 0 Å². The van der Waals surface area contributed by atoms with E-state index in [1.54, 1.807) is 6.26 Å². The summed E-state index contributed by atoms with van der Waals surface area (Å²) in [7, 11) is 0. The van der Waals surface area contributed by atoms with Crippen molar-refractivity contribution in [3.63, 3.8) is 0 Å². The molecule has 0 unspecified atom stereocenters. The Bertz CT molecular complexity index is 632. The summed E-state index contributed by atoms with van der Waals surface area (Å²) < 4.78 is 5.27. The van der Waals surface area contributed by atoms with E-state index in [1.165, 1.54) is 25.7 Å². The van der Waals surface area contributed by atoms with E-state index >= 15 is 0 Å². The van der Waals surface area contributed by atoms with Crippen molar-refractivity contribution < 1.29 is 14.5 Å². The van der Waals surface area contributed by atoms with E-state index in [9.17, 15) is 4.79 Å². The molecule has 128 valence electrons. The van der Waals surface area contributed by atoms with Crippen molar-refractivity contribution in [1.29, 1.82) is 0 Å². The van der Waals surface area contributed by atoms with E-state index in [0.29, 0.717) is 13.1 Å². The van der Waals surface area contributed by atoms with Gasteiger partial charge in [-0.2, -0.15) is 0 Å². The maximum atomic E-state index is 12.3. The fourth-order valence-corrected chi connectivity index (χ4v) is 3.14. The number of carbonyl (C=O) groups excluding carboxylic acids is 1. The second-order valence-electron chi connectivity index (χ2n) is 6.24. The van der Waals surface area contributed by atoms with Crippen molar-refractivity contribution in [3.05, 3.63) is 48.4 Å². The molecule has 1 aliphatic heterocycles. The maximum Gasteiger partial charge on any atom is 0.279 e. The first kappa shape index (κ1) is 16.6. The summed E-state index contributed by atoms with van der Waals surface area (Å²) in [6.45, 7) is 3.19. The third kappa shape index (κ3) is 4.61. The Morgan fingerprint density at radius 3 is 2.62 bits per heavy atom. The lowest BCUT2D eigenvalue weighted by atomic mass is 10.2. The van der Waals surface area contributed by atoms with Crippen LogP contribution in [-0.2, 0) is 11.3 Å². The number of nitrogens with one attached hydrogen (secondary N) is 1. The van der Waals surface area contributed by atoms with E-state index in [-0.39, 0.29) is 5.91 Å². The lowest BCUT2D eigenvalue weighted by Crippen LogP contribution is -2.84. The monoisotopic (exact) mass is 328 g/mol. The van der Waals surface area contributed by atoms with Crippen molar-refractivity contribution in [2.45, 2.75) is 32.2 Å². The van der Waals surface area contributed by atoms with Gasteiger partial charge in [0.05, 0.1) is 17.6 Å². The summed E-state index contributed by atoms with van der Waals surface area (Å²) in [4.78, 5) is 14.7. The summed E-state index contributed by atoms with van der Waals surface area (Å²) in [5, 5.41) is 5.01. The first-order valence-electron chi connectivity index (χ1n) is 8.81. The molecule has 1 amide bonds. The number of hydrogen-bond donors (Lipinski definition) is 2. The van der Waals surface area contributed by atoms with Gasteiger partial charge < -0.3 is 20.0 Å². The SMILES string of the molecule is O=C(C[NH2+]Cc1ccco1)Nc1ccccc1N1CCCCCC1. The van der Waals surface area contributed by atoms with Gasteiger partial charge in [-0.25, -0.2) is 0 Å². The van der Waals surface area contributed by atoms with Gasteiger partial charge in [0, 0.05) is 13.1 Å². The topological polar surface area (TPSA) is 62.1 Å². The van der Waals surface area contributed by atoms with E-state index in [4.69, 9.17) is 4.42 Å². The van der Waals surface area contributed by atoms with Crippen LogP contribution in [0.3, 0.4) is 0 Å². The number of hydrogen-bond acceptors (Lipinski definition) is 3. The second kappa shape index (κ2) is 8.55. The average Bonchev–Trinajstić information content (AvgIpc) is 2.96. The Morgan fingerprint density at radius 2 is 1.88 bits per heavy atom. The van der Waals surface area contributed by atoms with E-state index in [1.807, 2.05) is 35.6 Å². The van der Waals surface area contributed by atoms with Crippen LogP contribution in [0.25, 0.3) is 0 Å². The van der Waals surface area contributed by atoms with Crippen molar-refractivity contribution in [3.8, 4) is 0 Å². The molecule has 5 nitrogen and oxygen atoms in total. The van der Waals surface area contributed by atoms with Gasteiger partial charge in [-0.3, -0.25) is 4.79 Å². The molecule has 1 aromatic heterocycles. The average molecular weight is 328 g/mol. The van der Waals surface area contributed by atoms with E-state index in [0.717, 1.165) is 30.2 Å². The van der Waals surface area contributed by atoms with Crippen LogP contribution in [0.15, 0.2) is 47.1 Å². The molecule has 3 N–H and O–H groups in total. The van der Waals surface area contributed by atoms with Gasteiger partial charge in [-0.05, 0) is 37.1 Å². The summed E-state index contributed by atoms with van der Waals surface area (Å²) in [5.41, 5.74) is 2.05. The molecule has 24 heavy (non-hydrogen) atoms. The predicted molar refractivity (Wildman–Crippen MR) is 95.0 cm³/mol. The zero-order chi connectivity index (χ0) is 16.6. The third-order valence-electron chi connectivity index (χ3n) is 4.38. The fourth-order valence-electron chi connectivity index (χ4n) is 3.14. The highest BCUT2D eigenvalue weighted by Gasteiger charge is 2.15. The summed E-state index contributed by atoms with van der Waals surface area (Å²) in [5.74, 6) is 0.900. The maximum absolute atomic E-state index is 12.3. The van der Waals surface area contributed by atoms with Crippen LogP contribution in [0.4, 0.5) is 11.4 Å². The molecule has 1 aromatic carbocycles. The molecule has 3 rings (SSSR count). The smallest absolute Gasteiger partial charge is 0.279 e. The van der Waals surface area contributed by atoms with Gasteiger partial charge in [0.25, 0.3) is 5.91 Å². The molecule has 1 aliphatic rings. The second-order valence-corrected chi connectivity index (χ2v) is 6.24. The van der Waals surface area contributed by atoms with E-state index < -0.39 is 0 Å². The Hall–Kier alpha value is -2.27. The van der Waals surface area contributed by atoms with Crippen LogP contribution in [0.2, 0.25) is 0 Å². The number of benzene rings is 1. The van der Waals surface area contributed by atoms with Crippen LogP contribution < -0.4 is 15.5 Å². The van der Waals surface area contributed by atoms with Crippen LogP contribution in [0.5, 0.6) is 0 Å². The number of carbonyl (C=O) groups is 1. The van der Waals surface area contributed by atoms with Crippen LogP contribution in [0.1, 0.15) is 31.4 Å². The van der Waals surface area contributed by atoms with Gasteiger partial charge >= 0.3 is 0 Å². The standard InChI is InChI=1S/C19H25N3O2/c23-19(15-20-14-16-8-7-13-24-16)21-17-9-3-4-10-18(17)22-11-5-1-2-6-12-22/h3-4,7-10,13,20H,1-2,5-6,11-12,14-15H2,(H,21,23)/p+1. The van der Waals surface area contributed by atoms with Gasteiger partial charge in [-0.15, -0.1) is 0 Å². The summed E-state index contributed by atoms with van der Waals surface area (Å²) in [6, 6.07) is 11.9. The number of nitrogens with two attached hydrogens (primary N) is 1. The minimum atomic E-state index is 0.0174. The molecule has 0 saturated carbocycles. The number of para-hydroxylation sites is 2. The zero-order valence-electron chi connectivity index (χ0n) is 14.0. The number of amides is 1. The highest BCUT2D eigenvalue weighted by molar-refractivity contribution is 5.94. The Morgan fingerprint density at radius 1 is 1.08 bits per heavy atom. The van der Waals surface area contributed by atoms with Crippen molar-refractivity contribution in [2.24, 2.45) is 0 Å². The van der Waals surface area contributed by atoms with Gasteiger partial charge in [0.1, 0.15) is 6.54 Å². The molecule has 1 saturated heterocycles. The van der Waals surface area contributed by atoms with E-state index in [2.05, 4.69) is 16.3 Å². The molecular formula is C19H26N3O2+. The molecular weight excluding hydrogens is 302 g/mol. The Kier molecular flexibility index (Phi) is 5.90. The van der Waals surface area contributed by atoms with Gasteiger partial charge in [0.15, 0.2) is 12.3 Å². The Labute approximate surface area is 143 Å². The molecule has 5 heteroatoms. The minimum Gasteiger partial charge on any atom is -0.463 e. The van der Waals surface area contributed by atoms with Gasteiger partial charge in [-0.1, -0.05) is 25.0 Å². The number of anilines is 2. The first-order chi connectivity index (χ1) is 11.8. The van der Waals surface area contributed by atoms with Gasteiger partial charge in [0.2, 0.25) is 0 Å². The molecule has 0 atom stereocenters. The zero-order valence-corrected chi connectivity index (χ0v) is 14.0. The quantitative estimate of drug-likeness (QED) is 0.856. The summed E-state index contributed by atoms with van der Waals surface area (Å²) >= 11 is 0. The van der Waals surface area contributed by atoms with Crippen LogP contribution in [-0.4, -0.2) is 25.5 Å². The van der Waals surface area contributed by atoms with Crippen molar-refractivity contribution >= 4 is 17.3 Å². The summed E-state index contributed by atoms with van der Waals surface area (Å²) in [6.07, 6.45) is 6.69. The van der Waals surface area contributed by atoms with Crippen LogP contribution >= 0.6 is 0 Å². The molecule has 2 heterocycles. The minimum absolute atomic E-state index is 0.0174. The lowest BCUT2D eigenvalue weighted by Gasteiger charge is -2.25. The molecule has 0 aliphatic carbocycles. The normalized spacial score (nSPS) is 15.1. The molecule has 0 radical (unpaired) electrons. The molecule has 0 spiro atoms. The largest absolute Gasteiger partial charge is 0.463 e.